The zero-order valence-corrected chi connectivity index (χ0v) is 20.1. The highest BCUT2D eigenvalue weighted by atomic mass is 32.2. The minimum atomic E-state index is -0.255. The Labute approximate surface area is 201 Å². The number of aryl methyl sites for hydroxylation is 1. The van der Waals surface area contributed by atoms with Crippen LogP contribution in [0, 0.1) is 12.7 Å². The lowest BCUT2D eigenvalue weighted by atomic mass is 10.0. The lowest BCUT2D eigenvalue weighted by molar-refractivity contribution is 0.626. The molecule has 0 fully saturated rings. The maximum Gasteiger partial charge on any atom is 0.262 e. The van der Waals surface area contributed by atoms with Gasteiger partial charge in [0.2, 0.25) is 5.95 Å². The van der Waals surface area contributed by atoms with Crippen molar-refractivity contribution < 1.29 is 4.39 Å². The van der Waals surface area contributed by atoms with Crippen LogP contribution >= 0.6 is 11.9 Å². The first kappa shape index (κ1) is 22.4. The molecule has 0 bridgehead atoms. The molecule has 0 saturated heterocycles. The summed E-state index contributed by atoms with van der Waals surface area (Å²) in [5, 5.41) is 9.96. The van der Waals surface area contributed by atoms with E-state index in [4.69, 9.17) is 10.1 Å². The van der Waals surface area contributed by atoms with E-state index in [1.165, 1.54) is 18.0 Å². The Hall–Kier alpha value is -3.36. The molecule has 0 spiro atoms. The molecule has 6 nitrogen and oxygen atoms in total. The Bertz CT molecular complexity index is 1470. The second-order valence-electron chi connectivity index (χ2n) is 8.78. The van der Waals surface area contributed by atoms with E-state index in [9.17, 15) is 9.18 Å². The van der Waals surface area contributed by atoms with E-state index in [1.54, 1.807) is 23.7 Å². The molecule has 1 aliphatic heterocycles. The summed E-state index contributed by atoms with van der Waals surface area (Å²) in [5.74, 6) is 0.318. The number of fused-ring (bicyclic) bond motifs is 2. The molecule has 1 aromatic heterocycles. The molecule has 5 rings (SSSR count). The van der Waals surface area contributed by atoms with E-state index in [-0.39, 0.29) is 17.4 Å². The molecular weight excluding hydrogens is 449 g/mol. The Morgan fingerprint density at radius 3 is 2.68 bits per heavy atom. The predicted molar refractivity (Wildman–Crippen MR) is 137 cm³/mol. The van der Waals surface area contributed by atoms with Crippen molar-refractivity contribution in [3.05, 3.63) is 93.0 Å². The van der Waals surface area contributed by atoms with E-state index in [0.717, 1.165) is 32.8 Å². The van der Waals surface area contributed by atoms with Gasteiger partial charge in [0.1, 0.15) is 5.82 Å². The van der Waals surface area contributed by atoms with Gasteiger partial charge in [-0.25, -0.2) is 9.37 Å². The molecule has 8 heteroatoms. The summed E-state index contributed by atoms with van der Waals surface area (Å²) < 4.78 is 15.3. The van der Waals surface area contributed by atoms with E-state index >= 15 is 0 Å². The number of rotatable bonds is 5. The van der Waals surface area contributed by atoms with Gasteiger partial charge in [0.05, 0.1) is 16.9 Å². The second-order valence-corrected chi connectivity index (χ2v) is 9.45. The number of para-hydroxylation sites is 1. The van der Waals surface area contributed by atoms with E-state index in [0.29, 0.717) is 29.9 Å². The van der Waals surface area contributed by atoms with E-state index in [2.05, 4.69) is 18.3 Å². The highest BCUT2D eigenvalue weighted by Gasteiger charge is 2.25. The largest absolute Gasteiger partial charge is 0.377 e. The van der Waals surface area contributed by atoms with Gasteiger partial charge >= 0.3 is 0 Å². The summed E-state index contributed by atoms with van der Waals surface area (Å²) in [7, 11) is 1.74. The molecule has 4 aromatic rings. The van der Waals surface area contributed by atoms with Crippen molar-refractivity contribution in [1.29, 1.82) is 0 Å². The lowest BCUT2D eigenvalue weighted by Gasteiger charge is -2.23. The molecule has 1 unspecified atom stereocenters. The normalized spacial score (nSPS) is 13.9. The van der Waals surface area contributed by atoms with Crippen molar-refractivity contribution in [3.8, 4) is 0 Å². The number of hydrogen-bond acceptors (Lipinski definition) is 6. The summed E-state index contributed by atoms with van der Waals surface area (Å²) in [6, 6.07) is 16.5. The lowest BCUT2D eigenvalue weighted by Crippen LogP contribution is -2.28. The van der Waals surface area contributed by atoms with Crippen molar-refractivity contribution in [2.75, 3.05) is 10.2 Å². The fourth-order valence-corrected chi connectivity index (χ4v) is 5.07. The van der Waals surface area contributed by atoms with Crippen molar-refractivity contribution in [2.45, 2.75) is 37.9 Å². The third-order valence-corrected chi connectivity index (χ3v) is 6.97. The van der Waals surface area contributed by atoms with Gasteiger partial charge in [-0.3, -0.25) is 14.5 Å². The van der Waals surface area contributed by atoms with Crippen LogP contribution in [0.5, 0.6) is 0 Å². The van der Waals surface area contributed by atoms with Gasteiger partial charge in [0, 0.05) is 36.3 Å². The summed E-state index contributed by atoms with van der Waals surface area (Å²) >= 11 is 1.19. The van der Waals surface area contributed by atoms with Crippen molar-refractivity contribution in [3.63, 3.8) is 0 Å². The fraction of sp³-hybridized carbons (Fsp3) is 0.231. The van der Waals surface area contributed by atoms with Gasteiger partial charge in [0.15, 0.2) is 0 Å². The zero-order valence-electron chi connectivity index (χ0n) is 19.3. The molecule has 1 aliphatic rings. The Kier molecular flexibility index (Phi) is 5.79. The minimum Gasteiger partial charge on any atom is -0.377 e. The number of nitrogens with zero attached hydrogens (tertiary/aromatic N) is 3. The summed E-state index contributed by atoms with van der Waals surface area (Å²) in [5.41, 5.74) is 5.40. The fourth-order valence-electron chi connectivity index (χ4n) is 4.66. The first-order valence-corrected chi connectivity index (χ1v) is 12.0. The predicted octanol–water partition coefficient (Wildman–Crippen LogP) is 5.04. The number of hydrogen-bond donors (Lipinski definition) is 2. The topological polar surface area (TPSA) is 76.2 Å². The number of nitrogens with two attached hydrogens (primary N) is 1. The molecule has 0 amide bonds. The molecule has 0 saturated carbocycles. The van der Waals surface area contributed by atoms with Gasteiger partial charge in [-0.2, -0.15) is 0 Å². The van der Waals surface area contributed by atoms with Crippen LogP contribution in [0.1, 0.15) is 35.2 Å². The van der Waals surface area contributed by atoms with Gasteiger partial charge in [-0.1, -0.05) is 24.3 Å². The van der Waals surface area contributed by atoms with Gasteiger partial charge in [-0.15, -0.1) is 0 Å². The molecular formula is C26H26FN5OS. The number of benzene rings is 3. The highest BCUT2D eigenvalue weighted by Crippen LogP contribution is 2.32. The minimum absolute atomic E-state index is 0.0998. The van der Waals surface area contributed by atoms with Gasteiger partial charge in [-0.05, 0) is 72.8 Å². The van der Waals surface area contributed by atoms with Crippen LogP contribution in [0.2, 0.25) is 0 Å². The monoisotopic (exact) mass is 475 g/mol. The Morgan fingerprint density at radius 1 is 1.12 bits per heavy atom. The van der Waals surface area contributed by atoms with Crippen LogP contribution in [0.3, 0.4) is 0 Å². The summed E-state index contributed by atoms with van der Waals surface area (Å²) in [6.07, 6.45) is 0. The van der Waals surface area contributed by atoms with Crippen LogP contribution in [0.4, 0.5) is 16.0 Å². The Balaban J connectivity index is 1.60. The van der Waals surface area contributed by atoms with Crippen LogP contribution in [-0.4, -0.2) is 9.55 Å². The maximum atomic E-state index is 13.8. The smallest absolute Gasteiger partial charge is 0.262 e. The van der Waals surface area contributed by atoms with Crippen LogP contribution in [-0.2, 0) is 20.1 Å². The zero-order chi connectivity index (χ0) is 24.0. The molecule has 1 atom stereocenters. The quantitative estimate of drug-likeness (QED) is 0.394. The highest BCUT2D eigenvalue weighted by molar-refractivity contribution is 7.97. The second kappa shape index (κ2) is 8.77. The number of anilines is 2. The van der Waals surface area contributed by atoms with E-state index < -0.39 is 0 Å². The standard InChI is InChI=1S/C26H26FN5OS/c1-15-10-20(16(2)29-22-6-4-5-7-23(22)34-28)24-21(11-15)25(33)31(3)26(30-24)32-13-17-8-9-19(27)12-18(17)14-32/h4-12,16,29H,13-14,28H2,1-3H3. The van der Waals surface area contributed by atoms with Crippen LogP contribution in [0.25, 0.3) is 10.9 Å². The summed E-state index contributed by atoms with van der Waals surface area (Å²) in [4.78, 5) is 21.4. The number of nitrogens with one attached hydrogen (secondary N) is 1. The molecule has 0 aliphatic carbocycles. The van der Waals surface area contributed by atoms with Crippen molar-refractivity contribution in [2.24, 2.45) is 12.2 Å². The molecule has 34 heavy (non-hydrogen) atoms. The third-order valence-electron chi connectivity index (χ3n) is 6.36. The molecule has 3 N–H and O–H groups in total. The van der Waals surface area contributed by atoms with Gasteiger partial charge < -0.3 is 10.2 Å². The molecule has 0 radical (unpaired) electrons. The molecule has 174 valence electrons. The summed E-state index contributed by atoms with van der Waals surface area (Å²) in [6.45, 7) is 5.13. The Morgan fingerprint density at radius 2 is 1.88 bits per heavy atom. The first-order valence-electron chi connectivity index (χ1n) is 11.1. The maximum absolute atomic E-state index is 13.8. The third kappa shape index (κ3) is 3.93. The average Bonchev–Trinajstić information content (AvgIpc) is 3.24. The molecule has 2 heterocycles. The van der Waals surface area contributed by atoms with Crippen molar-refractivity contribution in [1.82, 2.24) is 9.55 Å². The average molecular weight is 476 g/mol. The number of aromatic nitrogens is 2. The SMILES string of the molecule is Cc1cc(C(C)Nc2ccccc2SN)c2nc(N3Cc4ccc(F)cc4C3)n(C)c(=O)c2c1. The van der Waals surface area contributed by atoms with Crippen molar-refractivity contribution >= 4 is 34.5 Å². The first-order chi connectivity index (χ1) is 16.4. The number of halogens is 1. The van der Waals surface area contributed by atoms with E-state index in [1.807, 2.05) is 42.2 Å². The van der Waals surface area contributed by atoms with Gasteiger partial charge in [0.25, 0.3) is 5.56 Å². The van der Waals surface area contributed by atoms with Crippen LogP contribution in [0.15, 0.2) is 64.3 Å². The van der Waals surface area contributed by atoms with Crippen LogP contribution < -0.4 is 20.9 Å². The molecule has 3 aromatic carbocycles.